The zero-order valence-electron chi connectivity index (χ0n) is 18.8. The molecule has 9 heteroatoms. The Morgan fingerprint density at radius 3 is 2.16 bits per heavy atom. The van der Waals surface area contributed by atoms with Crippen LogP contribution < -0.4 is 9.62 Å². The topological polar surface area (TPSA) is 86.8 Å². The van der Waals surface area contributed by atoms with Gasteiger partial charge < -0.3 is 10.2 Å². The molecule has 1 N–H and O–H groups in total. The first kappa shape index (κ1) is 25.7. The summed E-state index contributed by atoms with van der Waals surface area (Å²) in [6.45, 7) is 5.23. The number of carbonyl (C=O) groups excluding carboxylic acids is 2. The lowest BCUT2D eigenvalue weighted by atomic mass is 10.1. The highest BCUT2D eigenvalue weighted by molar-refractivity contribution is 7.92. The maximum absolute atomic E-state index is 13.4. The molecule has 0 saturated heterocycles. The van der Waals surface area contributed by atoms with Gasteiger partial charge in [0.15, 0.2) is 0 Å². The monoisotopic (exact) mass is 479 g/mol. The van der Waals surface area contributed by atoms with Crippen LogP contribution in [0, 0.1) is 0 Å². The van der Waals surface area contributed by atoms with Crippen LogP contribution in [-0.4, -0.2) is 50.0 Å². The second kappa shape index (κ2) is 11.3. The summed E-state index contributed by atoms with van der Waals surface area (Å²) in [6.07, 6.45) is 1.79. The third kappa shape index (κ3) is 7.24. The molecule has 0 heterocycles. The molecule has 174 valence electrons. The average Bonchev–Trinajstić information content (AvgIpc) is 2.75. The van der Waals surface area contributed by atoms with Crippen molar-refractivity contribution in [1.29, 1.82) is 0 Å². The van der Waals surface area contributed by atoms with Crippen LogP contribution in [0.4, 0.5) is 5.69 Å². The summed E-state index contributed by atoms with van der Waals surface area (Å²) in [6, 6.07) is 14.6. The number of hydrogen-bond donors (Lipinski definition) is 1. The van der Waals surface area contributed by atoms with E-state index in [0.717, 1.165) is 22.5 Å². The molecule has 0 aliphatic heterocycles. The Bertz CT molecular complexity index is 1010. The van der Waals surface area contributed by atoms with Gasteiger partial charge in [-0.15, -0.1) is 0 Å². The summed E-state index contributed by atoms with van der Waals surface area (Å²) in [7, 11) is -3.76. The van der Waals surface area contributed by atoms with Crippen LogP contribution in [0.1, 0.15) is 32.8 Å². The number of nitrogens with zero attached hydrogens (tertiary/aromatic N) is 2. The Morgan fingerprint density at radius 2 is 1.62 bits per heavy atom. The van der Waals surface area contributed by atoms with Gasteiger partial charge in [0.2, 0.25) is 21.8 Å². The summed E-state index contributed by atoms with van der Waals surface area (Å²) in [5.41, 5.74) is 1.16. The number of anilines is 1. The SMILES string of the molecule is CC[C@H](C)NC(=O)[C@@H](C)N(Cc1ccccc1)C(=O)CN(c1ccc(Cl)cc1)S(C)(=O)=O. The van der Waals surface area contributed by atoms with E-state index in [-0.39, 0.29) is 18.5 Å². The van der Waals surface area contributed by atoms with E-state index in [1.807, 2.05) is 44.2 Å². The minimum absolute atomic E-state index is 0.0415. The number of sulfonamides is 1. The smallest absolute Gasteiger partial charge is 0.244 e. The first-order valence-corrected chi connectivity index (χ1v) is 12.6. The van der Waals surface area contributed by atoms with Crippen molar-refractivity contribution in [3.05, 3.63) is 65.2 Å². The number of hydrogen-bond acceptors (Lipinski definition) is 4. The molecule has 2 amide bonds. The summed E-state index contributed by atoms with van der Waals surface area (Å²) >= 11 is 5.92. The first-order chi connectivity index (χ1) is 15.0. The van der Waals surface area contributed by atoms with Gasteiger partial charge >= 0.3 is 0 Å². The molecule has 0 aliphatic rings. The fourth-order valence-corrected chi connectivity index (χ4v) is 4.02. The van der Waals surface area contributed by atoms with E-state index in [1.165, 1.54) is 17.0 Å². The third-order valence-corrected chi connectivity index (χ3v) is 6.55. The van der Waals surface area contributed by atoms with Crippen LogP contribution in [0.15, 0.2) is 54.6 Å². The van der Waals surface area contributed by atoms with Gasteiger partial charge in [-0.05, 0) is 50.1 Å². The largest absolute Gasteiger partial charge is 0.352 e. The van der Waals surface area contributed by atoms with Crippen molar-refractivity contribution >= 4 is 39.1 Å². The lowest BCUT2D eigenvalue weighted by molar-refractivity contribution is -0.139. The van der Waals surface area contributed by atoms with E-state index in [0.29, 0.717) is 10.7 Å². The van der Waals surface area contributed by atoms with Crippen molar-refractivity contribution in [2.75, 3.05) is 17.1 Å². The minimum atomic E-state index is -3.76. The second-order valence-electron chi connectivity index (χ2n) is 7.75. The van der Waals surface area contributed by atoms with Crippen molar-refractivity contribution < 1.29 is 18.0 Å². The maximum Gasteiger partial charge on any atom is 0.244 e. The van der Waals surface area contributed by atoms with Gasteiger partial charge in [-0.25, -0.2) is 8.42 Å². The van der Waals surface area contributed by atoms with Gasteiger partial charge in [-0.3, -0.25) is 13.9 Å². The van der Waals surface area contributed by atoms with E-state index < -0.39 is 28.5 Å². The summed E-state index contributed by atoms with van der Waals surface area (Å²) in [5.74, 6) is -0.776. The molecular formula is C23H30ClN3O4S. The van der Waals surface area contributed by atoms with Crippen molar-refractivity contribution in [1.82, 2.24) is 10.2 Å². The molecule has 2 aromatic carbocycles. The van der Waals surface area contributed by atoms with Gasteiger partial charge in [-0.2, -0.15) is 0 Å². The Labute approximate surface area is 195 Å². The van der Waals surface area contributed by atoms with Crippen LogP contribution in [0.2, 0.25) is 5.02 Å². The molecule has 7 nitrogen and oxygen atoms in total. The van der Waals surface area contributed by atoms with Gasteiger partial charge in [0.05, 0.1) is 11.9 Å². The molecule has 0 aliphatic carbocycles. The lowest BCUT2D eigenvalue weighted by Crippen LogP contribution is -2.52. The highest BCUT2D eigenvalue weighted by Crippen LogP contribution is 2.21. The van der Waals surface area contributed by atoms with E-state index in [9.17, 15) is 18.0 Å². The lowest BCUT2D eigenvalue weighted by Gasteiger charge is -2.32. The zero-order chi connectivity index (χ0) is 23.9. The molecular weight excluding hydrogens is 450 g/mol. The van der Waals surface area contributed by atoms with Crippen molar-refractivity contribution in [2.45, 2.75) is 45.8 Å². The second-order valence-corrected chi connectivity index (χ2v) is 10.1. The Balaban J connectivity index is 2.34. The molecule has 0 aromatic heterocycles. The number of carbonyl (C=O) groups is 2. The molecule has 0 spiro atoms. The normalized spacial score (nSPS) is 13.2. The molecule has 0 radical (unpaired) electrons. The Kier molecular flexibility index (Phi) is 9.09. The van der Waals surface area contributed by atoms with Gasteiger partial charge in [-0.1, -0.05) is 48.9 Å². The Morgan fingerprint density at radius 1 is 1.03 bits per heavy atom. The molecule has 0 fully saturated rings. The summed E-state index contributed by atoms with van der Waals surface area (Å²) < 4.78 is 25.9. The summed E-state index contributed by atoms with van der Waals surface area (Å²) in [5, 5.41) is 3.35. The maximum atomic E-state index is 13.4. The van der Waals surface area contributed by atoms with Crippen LogP contribution in [0.3, 0.4) is 0 Å². The van der Waals surface area contributed by atoms with Gasteiger partial charge in [0.25, 0.3) is 0 Å². The van der Waals surface area contributed by atoms with E-state index in [1.54, 1.807) is 19.1 Å². The number of halogens is 1. The van der Waals surface area contributed by atoms with E-state index >= 15 is 0 Å². The fraction of sp³-hybridized carbons (Fsp3) is 0.391. The van der Waals surface area contributed by atoms with Crippen molar-refractivity contribution in [3.8, 4) is 0 Å². The molecule has 0 unspecified atom stereocenters. The van der Waals surface area contributed by atoms with Crippen molar-refractivity contribution in [3.63, 3.8) is 0 Å². The number of rotatable bonds is 10. The number of amides is 2. The molecule has 0 bridgehead atoms. The molecule has 32 heavy (non-hydrogen) atoms. The predicted octanol–water partition coefficient (Wildman–Crippen LogP) is 3.44. The zero-order valence-corrected chi connectivity index (χ0v) is 20.4. The van der Waals surface area contributed by atoms with Gasteiger partial charge in [0, 0.05) is 17.6 Å². The minimum Gasteiger partial charge on any atom is -0.352 e. The average molecular weight is 480 g/mol. The Hall–Kier alpha value is -2.58. The first-order valence-electron chi connectivity index (χ1n) is 10.4. The third-order valence-electron chi connectivity index (χ3n) is 5.16. The fourth-order valence-electron chi connectivity index (χ4n) is 3.05. The predicted molar refractivity (Wildman–Crippen MR) is 128 cm³/mol. The molecule has 2 atom stereocenters. The summed E-state index contributed by atoms with van der Waals surface area (Å²) in [4.78, 5) is 27.6. The van der Waals surface area contributed by atoms with Crippen LogP contribution in [0.25, 0.3) is 0 Å². The van der Waals surface area contributed by atoms with E-state index in [4.69, 9.17) is 11.6 Å². The van der Waals surface area contributed by atoms with E-state index in [2.05, 4.69) is 5.32 Å². The van der Waals surface area contributed by atoms with Gasteiger partial charge in [0.1, 0.15) is 12.6 Å². The highest BCUT2D eigenvalue weighted by Gasteiger charge is 2.30. The highest BCUT2D eigenvalue weighted by atomic mass is 35.5. The van der Waals surface area contributed by atoms with Crippen LogP contribution in [-0.2, 0) is 26.2 Å². The quantitative estimate of drug-likeness (QED) is 0.565. The van der Waals surface area contributed by atoms with Crippen molar-refractivity contribution in [2.24, 2.45) is 0 Å². The molecule has 2 rings (SSSR count). The standard InChI is InChI=1S/C23H30ClN3O4S/c1-5-17(2)25-23(29)18(3)26(15-19-9-7-6-8-10-19)22(28)16-27(32(4,30)31)21-13-11-20(24)12-14-21/h6-14,17-18H,5,15-16H2,1-4H3,(H,25,29)/t17-,18+/m0/s1. The number of benzene rings is 2. The number of nitrogens with one attached hydrogen (secondary N) is 1. The molecule has 2 aromatic rings. The molecule has 0 saturated carbocycles. The van der Waals surface area contributed by atoms with Crippen LogP contribution >= 0.6 is 11.6 Å². The van der Waals surface area contributed by atoms with Crippen LogP contribution in [0.5, 0.6) is 0 Å².